The number of Topliss-reactive ketones (excluding diaryl/α,β-unsaturated/α-hetero) is 1. The molecule has 1 N–H and O–H groups in total. The van der Waals surface area contributed by atoms with Crippen LogP contribution in [0, 0.1) is 18.8 Å². The highest BCUT2D eigenvalue weighted by atomic mass is 32.1. The summed E-state index contributed by atoms with van der Waals surface area (Å²) in [6.07, 6.45) is 1.68. The smallest absolute Gasteiger partial charge is 0.246 e. The zero-order valence-electron chi connectivity index (χ0n) is 24.3. The van der Waals surface area contributed by atoms with Crippen molar-refractivity contribution in [3.63, 3.8) is 0 Å². The zero-order valence-corrected chi connectivity index (χ0v) is 25.9. The fourth-order valence-corrected chi connectivity index (χ4v) is 8.32. The molecule has 0 radical (unpaired) electrons. The minimum absolute atomic E-state index is 0.0203. The molecule has 0 bridgehead atoms. The van der Waals surface area contributed by atoms with E-state index < -0.39 is 23.9 Å². The molecule has 1 aliphatic carbocycles. The zero-order chi connectivity index (χ0) is 28.9. The quantitative estimate of drug-likeness (QED) is 0.370. The molecule has 6 rings (SSSR count). The Kier molecular flexibility index (Phi) is 7.68. The van der Waals surface area contributed by atoms with E-state index in [1.54, 1.807) is 11.3 Å². The van der Waals surface area contributed by atoms with Gasteiger partial charge < -0.3 is 15.1 Å². The number of nitrogens with one attached hydrogen (secondary N) is 1. The molecule has 2 aromatic heterocycles. The van der Waals surface area contributed by atoms with Gasteiger partial charge in [-0.25, -0.2) is 0 Å². The summed E-state index contributed by atoms with van der Waals surface area (Å²) in [5.74, 6) is -1.08. The molecule has 4 atom stereocenters. The molecule has 3 aromatic rings. The number of amides is 2. The van der Waals surface area contributed by atoms with E-state index in [9.17, 15) is 14.4 Å². The summed E-state index contributed by atoms with van der Waals surface area (Å²) in [6.45, 7) is 11.3. The summed E-state index contributed by atoms with van der Waals surface area (Å²) in [6, 6.07) is 13.1. The van der Waals surface area contributed by atoms with Gasteiger partial charge >= 0.3 is 0 Å². The maximum absolute atomic E-state index is 14.6. The van der Waals surface area contributed by atoms with Crippen LogP contribution < -0.4 is 5.32 Å². The maximum Gasteiger partial charge on any atom is 0.246 e. The van der Waals surface area contributed by atoms with Crippen molar-refractivity contribution in [2.45, 2.75) is 64.0 Å². The molecule has 216 valence electrons. The lowest BCUT2D eigenvalue weighted by Crippen LogP contribution is -2.55. The minimum Gasteiger partial charge on any atom is -0.338 e. The fraction of sp³-hybridized carbons (Fsp3) is 0.485. The van der Waals surface area contributed by atoms with Crippen molar-refractivity contribution in [1.82, 2.24) is 15.1 Å². The van der Waals surface area contributed by atoms with Crippen LogP contribution in [0.5, 0.6) is 0 Å². The van der Waals surface area contributed by atoms with E-state index in [1.165, 1.54) is 16.9 Å². The lowest BCUT2D eigenvalue weighted by molar-refractivity contribution is -0.147. The van der Waals surface area contributed by atoms with Crippen LogP contribution in [0.2, 0.25) is 0 Å². The van der Waals surface area contributed by atoms with Crippen LogP contribution in [0.1, 0.15) is 76.8 Å². The van der Waals surface area contributed by atoms with Crippen molar-refractivity contribution >= 4 is 40.3 Å². The highest BCUT2D eigenvalue weighted by molar-refractivity contribution is 7.12. The summed E-state index contributed by atoms with van der Waals surface area (Å²) in [5.41, 5.74) is 3.18. The summed E-state index contributed by atoms with van der Waals surface area (Å²) in [4.78, 5) is 48.9. The predicted molar refractivity (Wildman–Crippen MR) is 165 cm³/mol. The van der Waals surface area contributed by atoms with E-state index in [2.05, 4.69) is 63.3 Å². The lowest BCUT2D eigenvalue weighted by Gasteiger charge is -2.36. The molecule has 6 nitrogen and oxygen atoms in total. The Balaban J connectivity index is 1.56. The standard InChI is InChI=1S/C33H39N3O3S2/c1-20-13-19-41-30(20)27-26(29(37)24-6-5-18-40-24)25(21-9-11-23(12-10-21)33(2,3)4)28(36(27)31(38)22-7-8-22)32(39)35-16-14-34-15-17-35/h5-6,9-13,18-19,22,25-28,34H,7-8,14-17H2,1-4H3. The molecule has 1 saturated carbocycles. The molecule has 0 spiro atoms. The Labute approximate surface area is 250 Å². The first-order chi connectivity index (χ1) is 19.7. The second kappa shape index (κ2) is 11.1. The van der Waals surface area contributed by atoms with Gasteiger partial charge in [-0.15, -0.1) is 22.7 Å². The highest BCUT2D eigenvalue weighted by Crippen LogP contribution is 2.55. The van der Waals surface area contributed by atoms with Crippen LogP contribution in [-0.2, 0) is 15.0 Å². The Hall–Kier alpha value is -2.81. The van der Waals surface area contributed by atoms with Gasteiger partial charge in [0, 0.05) is 42.9 Å². The number of carbonyl (C=O) groups is 3. The number of nitrogens with zero attached hydrogens (tertiary/aromatic N) is 2. The summed E-state index contributed by atoms with van der Waals surface area (Å²) in [7, 11) is 0. The van der Waals surface area contributed by atoms with E-state index in [0.29, 0.717) is 18.0 Å². The molecule has 41 heavy (non-hydrogen) atoms. The van der Waals surface area contributed by atoms with Crippen LogP contribution in [0.3, 0.4) is 0 Å². The Morgan fingerprint density at radius 2 is 1.61 bits per heavy atom. The third-order valence-corrected chi connectivity index (χ3v) is 10.9. The van der Waals surface area contributed by atoms with Gasteiger partial charge in [-0.3, -0.25) is 14.4 Å². The van der Waals surface area contributed by atoms with Crippen LogP contribution in [-0.4, -0.2) is 59.6 Å². The summed E-state index contributed by atoms with van der Waals surface area (Å²) >= 11 is 3.03. The molecule has 3 aliphatic rings. The highest BCUT2D eigenvalue weighted by Gasteiger charge is 2.60. The lowest BCUT2D eigenvalue weighted by atomic mass is 9.77. The monoisotopic (exact) mass is 589 g/mol. The SMILES string of the molecule is Cc1ccsc1C1C(C(=O)c2cccs2)C(c2ccc(C(C)(C)C)cc2)C(C(=O)N2CCNCC2)N1C(=O)C1CC1. The number of hydrogen-bond acceptors (Lipinski definition) is 6. The van der Waals surface area contributed by atoms with Crippen LogP contribution in [0.4, 0.5) is 0 Å². The van der Waals surface area contributed by atoms with Crippen LogP contribution in [0.15, 0.2) is 53.2 Å². The molecular weight excluding hydrogens is 551 g/mol. The van der Waals surface area contributed by atoms with E-state index in [1.807, 2.05) is 32.7 Å². The van der Waals surface area contributed by atoms with Crippen molar-refractivity contribution in [1.29, 1.82) is 0 Å². The number of hydrogen-bond donors (Lipinski definition) is 1. The first kappa shape index (κ1) is 28.3. The minimum atomic E-state index is -0.734. The van der Waals surface area contributed by atoms with Crippen LogP contribution in [0.25, 0.3) is 0 Å². The number of ketones is 1. The number of likely N-dealkylation sites (tertiary alicyclic amines) is 1. The third-order valence-electron chi connectivity index (χ3n) is 8.93. The topological polar surface area (TPSA) is 69.7 Å². The van der Waals surface area contributed by atoms with Gasteiger partial charge in [0.1, 0.15) is 6.04 Å². The second-order valence-electron chi connectivity index (χ2n) is 12.7. The molecular formula is C33H39N3O3S2. The van der Waals surface area contributed by atoms with E-state index in [0.717, 1.165) is 41.9 Å². The number of thiophene rings is 2. The number of aryl methyl sites for hydroxylation is 1. The van der Waals surface area contributed by atoms with Gasteiger partial charge in [0.2, 0.25) is 11.8 Å². The number of carbonyl (C=O) groups excluding carboxylic acids is 3. The van der Waals surface area contributed by atoms with E-state index in [-0.39, 0.29) is 28.9 Å². The molecule has 4 unspecified atom stereocenters. The van der Waals surface area contributed by atoms with E-state index >= 15 is 0 Å². The first-order valence-electron chi connectivity index (χ1n) is 14.7. The Bertz CT molecular complexity index is 1410. The summed E-state index contributed by atoms with van der Waals surface area (Å²) in [5, 5.41) is 7.31. The second-order valence-corrected chi connectivity index (χ2v) is 14.6. The van der Waals surface area contributed by atoms with Crippen LogP contribution >= 0.6 is 22.7 Å². The normalized spacial score (nSPS) is 25.0. The largest absolute Gasteiger partial charge is 0.338 e. The van der Waals surface area contributed by atoms with Gasteiger partial charge in [-0.1, -0.05) is 51.1 Å². The number of benzene rings is 1. The molecule has 4 heterocycles. The third kappa shape index (κ3) is 5.30. The Morgan fingerprint density at radius 1 is 0.902 bits per heavy atom. The van der Waals surface area contributed by atoms with Gasteiger partial charge in [-0.05, 0) is 64.8 Å². The molecule has 8 heteroatoms. The van der Waals surface area contributed by atoms with Crippen molar-refractivity contribution in [2.75, 3.05) is 26.2 Å². The molecule has 2 amide bonds. The molecule has 3 fully saturated rings. The fourth-order valence-electron chi connectivity index (χ4n) is 6.53. The predicted octanol–water partition coefficient (Wildman–Crippen LogP) is 5.79. The van der Waals surface area contributed by atoms with Gasteiger partial charge in [-0.2, -0.15) is 0 Å². The van der Waals surface area contributed by atoms with Crippen molar-refractivity contribution < 1.29 is 14.4 Å². The molecule has 1 aromatic carbocycles. The maximum atomic E-state index is 14.6. The van der Waals surface area contributed by atoms with Gasteiger partial charge in [0.15, 0.2) is 5.78 Å². The van der Waals surface area contributed by atoms with Gasteiger partial charge in [0.25, 0.3) is 0 Å². The Morgan fingerprint density at radius 3 is 2.17 bits per heavy atom. The van der Waals surface area contributed by atoms with E-state index in [4.69, 9.17) is 0 Å². The first-order valence-corrected chi connectivity index (χ1v) is 16.5. The molecule has 2 saturated heterocycles. The molecule has 2 aliphatic heterocycles. The average Bonchev–Trinajstić information content (AvgIpc) is 3.34. The van der Waals surface area contributed by atoms with Crippen molar-refractivity contribution in [3.05, 3.63) is 79.7 Å². The van der Waals surface area contributed by atoms with Crippen molar-refractivity contribution in [2.24, 2.45) is 11.8 Å². The van der Waals surface area contributed by atoms with Gasteiger partial charge in [0.05, 0.1) is 16.8 Å². The van der Waals surface area contributed by atoms with Crippen molar-refractivity contribution in [3.8, 4) is 0 Å². The summed E-state index contributed by atoms with van der Waals surface area (Å²) < 4.78 is 0. The number of rotatable bonds is 6. The number of piperazine rings is 1. The average molecular weight is 590 g/mol.